The van der Waals surface area contributed by atoms with E-state index in [1.807, 2.05) is 12.3 Å². The molecule has 0 radical (unpaired) electrons. The first-order chi connectivity index (χ1) is 8.84. The second-order valence-electron chi connectivity index (χ2n) is 3.62. The number of nitrogens with one attached hydrogen (secondary N) is 1. The molecule has 2 aromatic heterocycles. The molecule has 1 N–H and O–H groups in total. The minimum Gasteiger partial charge on any atom is -0.364 e. The number of halogens is 4. The van der Waals surface area contributed by atoms with Gasteiger partial charge in [-0.1, -0.05) is 0 Å². The van der Waals surface area contributed by atoms with Gasteiger partial charge in [0.25, 0.3) is 0 Å². The van der Waals surface area contributed by atoms with E-state index in [0.717, 1.165) is 16.8 Å². The first-order valence-corrected chi connectivity index (χ1v) is 6.37. The number of anilines is 1. The molecule has 2 rings (SSSR count). The molecule has 0 saturated heterocycles. The van der Waals surface area contributed by atoms with Gasteiger partial charge in [0.05, 0.1) is 17.2 Å². The Morgan fingerprint density at radius 3 is 2.63 bits per heavy atom. The lowest BCUT2D eigenvalue weighted by molar-refractivity contribution is -0.141. The third-order valence-electron chi connectivity index (χ3n) is 2.11. The SMILES string of the molecule is Cc1nc(CNc2cc(C(F)(F)F)nc(Cl)n2)cs1. The molecule has 0 spiro atoms. The largest absolute Gasteiger partial charge is 0.433 e. The van der Waals surface area contributed by atoms with Crippen LogP contribution in [0.2, 0.25) is 5.28 Å². The van der Waals surface area contributed by atoms with E-state index >= 15 is 0 Å². The van der Waals surface area contributed by atoms with Crippen LogP contribution in [-0.4, -0.2) is 15.0 Å². The van der Waals surface area contributed by atoms with E-state index in [4.69, 9.17) is 11.6 Å². The average Bonchev–Trinajstić information content (AvgIpc) is 2.71. The Balaban J connectivity index is 2.14. The molecule has 2 heterocycles. The van der Waals surface area contributed by atoms with Crippen molar-refractivity contribution < 1.29 is 13.2 Å². The van der Waals surface area contributed by atoms with Crippen molar-refractivity contribution in [1.29, 1.82) is 0 Å². The molecule has 0 atom stereocenters. The smallest absolute Gasteiger partial charge is 0.364 e. The lowest BCUT2D eigenvalue weighted by atomic mass is 10.3. The zero-order valence-corrected chi connectivity index (χ0v) is 11.2. The van der Waals surface area contributed by atoms with Crippen molar-refractivity contribution in [2.75, 3.05) is 5.32 Å². The van der Waals surface area contributed by atoms with Crippen LogP contribution >= 0.6 is 22.9 Å². The third kappa shape index (κ3) is 3.77. The highest BCUT2D eigenvalue weighted by Gasteiger charge is 2.33. The van der Waals surface area contributed by atoms with Crippen LogP contribution in [0.15, 0.2) is 11.4 Å². The molecule has 0 fully saturated rings. The number of nitrogens with zero attached hydrogens (tertiary/aromatic N) is 3. The summed E-state index contributed by atoms with van der Waals surface area (Å²) in [7, 11) is 0. The Labute approximate surface area is 115 Å². The topological polar surface area (TPSA) is 50.7 Å². The van der Waals surface area contributed by atoms with E-state index < -0.39 is 17.2 Å². The molecule has 0 aliphatic carbocycles. The fourth-order valence-corrected chi connectivity index (χ4v) is 2.12. The van der Waals surface area contributed by atoms with Crippen LogP contribution in [0.1, 0.15) is 16.4 Å². The summed E-state index contributed by atoms with van der Waals surface area (Å²) in [6, 6.07) is 0.811. The number of thiazole rings is 1. The van der Waals surface area contributed by atoms with Crippen LogP contribution in [0, 0.1) is 6.92 Å². The molecule has 0 amide bonds. The average molecular weight is 309 g/mol. The maximum absolute atomic E-state index is 12.5. The Morgan fingerprint density at radius 1 is 1.32 bits per heavy atom. The lowest BCUT2D eigenvalue weighted by Crippen LogP contribution is -2.11. The Kier molecular flexibility index (Phi) is 3.91. The Morgan fingerprint density at radius 2 is 2.05 bits per heavy atom. The lowest BCUT2D eigenvalue weighted by Gasteiger charge is -2.09. The van der Waals surface area contributed by atoms with Crippen LogP contribution in [-0.2, 0) is 12.7 Å². The van der Waals surface area contributed by atoms with Gasteiger partial charge >= 0.3 is 6.18 Å². The van der Waals surface area contributed by atoms with E-state index in [1.165, 1.54) is 11.3 Å². The Bertz CT molecular complexity index is 584. The minimum absolute atomic E-state index is 0.0120. The number of rotatable bonds is 3. The molecule has 0 saturated carbocycles. The molecule has 0 bridgehead atoms. The van der Waals surface area contributed by atoms with Gasteiger partial charge in [0.1, 0.15) is 5.82 Å². The summed E-state index contributed by atoms with van der Waals surface area (Å²) in [5.74, 6) is 0.0120. The summed E-state index contributed by atoms with van der Waals surface area (Å²) in [6.45, 7) is 2.12. The number of aryl methyl sites for hydroxylation is 1. The molecule has 0 aliphatic rings. The molecular weight excluding hydrogens is 301 g/mol. The van der Waals surface area contributed by atoms with Crippen molar-refractivity contribution in [1.82, 2.24) is 15.0 Å². The maximum Gasteiger partial charge on any atom is 0.433 e. The highest BCUT2D eigenvalue weighted by atomic mass is 35.5. The normalized spacial score (nSPS) is 11.6. The standard InChI is InChI=1S/C10H8ClF3N4S/c1-5-16-6(4-19-5)3-15-8-2-7(10(12,13)14)17-9(11)18-8/h2,4H,3H2,1H3,(H,15,17,18). The highest BCUT2D eigenvalue weighted by molar-refractivity contribution is 7.09. The first-order valence-electron chi connectivity index (χ1n) is 5.11. The molecule has 0 aromatic carbocycles. The van der Waals surface area contributed by atoms with Crippen molar-refractivity contribution in [2.24, 2.45) is 0 Å². The van der Waals surface area contributed by atoms with Crippen molar-refractivity contribution >= 4 is 28.8 Å². The van der Waals surface area contributed by atoms with Gasteiger partial charge in [-0.15, -0.1) is 11.3 Å². The molecule has 4 nitrogen and oxygen atoms in total. The van der Waals surface area contributed by atoms with E-state index in [-0.39, 0.29) is 12.4 Å². The summed E-state index contributed by atoms with van der Waals surface area (Å²) >= 11 is 6.93. The summed E-state index contributed by atoms with van der Waals surface area (Å²) in [4.78, 5) is 11.0. The summed E-state index contributed by atoms with van der Waals surface area (Å²) in [5.41, 5.74) is -0.352. The van der Waals surface area contributed by atoms with Crippen LogP contribution in [0.25, 0.3) is 0 Å². The third-order valence-corrected chi connectivity index (χ3v) is 3.10. The predicted molar refractivity (Wildman–Crippen MR) is 66.2 cm³/mol. The fraction of sp³-hybridized carbons (Fsp3) is 0.300. The van der Waals surface area contributed by atoms with Crippen molar-refractivity contribution in [3.05, 3.63) is 33.1 Å². The van der Waals surface area contributed by atoms with Gasteiger partial charge in [0.2, 0.25) is 5.28 Å². The van der Waals surface area contributed by atoms with Crippen LogP contribution in [0.5, 0.6) is 0 Å². The second kappa shape index (κ2) is 5.30. The van der Waals surface area contributed by atoms with Gasteiger partial charge in [-0.25, -0.2) is 15.0 Å². The highest BCUT2D eigenvalue weighted by Crippen LogP contribution is 2.29. The number of alkyl halides is 3. The quantitative estimate of drug-likeness (QED) is 0.881. The van der Waals surface area contributed by atoms with Crippen molar-refractivity contribution in [2.45, 2.75) is 19.6 Å². The Hall–Kier alpha value is -1.41. The fourth-order valence-electron chi connectivity index (χ4n) is 1.32. The van der Waals surface area contributed by atoms with Crippen molar-refractivity contribution in [3.63, 3.8) is 0 Å². The predicted octanol–water partition coefficient (Wildman–Crippen LogP) is 3.53. The van der Waals surface area contributed by atoms with Gasteiger partial charge in [-0.2, -0.15) is 13.2 Å². The number of aromatic nitrogens is 3. The molecule has 9 heteroatoms. The van der Waals surface area contributed by atoms with Gasteiger partial charge in [0.15, 0.2) is 5.69 Å². The first kappa shape index (κ1) is 14.0. The second-order valence-corrected chi connectivity index (χ2v) is 5.02. The zero-order valence-electron chi connectivity index (χ0n) is 9.62. The number of hydrogen-bond donors (Lipinski definition) is 1. The van der Waals surface area contributed by atoms with E-state index in [1.54, 1.807) is 0 Å². The van der Waals surface area contributed by atoms with Gasteiger partial charge in [0, 0.05) is 11.4 Å². The summed E-state index contributed by atoms with van der Waals surface area (Å²) in [5, 5.41) is 4.98. The van der Waals surface area contributed by atoms with E-state index in [9.17, 15) is 13.2 Å². The number of hydrogen-bond acceptors (Lipinski definition) is 5. The van der Waals surface area contributed by atoms with Gasteiger partial charge in [-0.05, 0) is 18.5 Å². The van der Waals surface area contributed by atoms with Crippen LogP contribution < -0.4 is 5.32 Å². The summed E-state index contributed by atoms with van der Waals surface area (Å²) in [6.07, 6.45) is -4.56. The van der Waals surface area contributed by atoms with Gasteiger partial charge in [-0.3, -0.25) is 0 Å². The molecular formula is C10H8ClF3N4S. The molecule has 102 valence electrons. The molecule has 19 heavy (non-hydrogen) atoms. The monoisotopic (exact) mass is 308 g/mol. The van der Waals surface area contributed by atoms with E-state index in [2.05, 4.69) is 20.3 Å². The zero-order chi connectivity index (χ0) is 14.0. The minimum atomic E-state index is -4.56. The molecule has 0 unspecified atom stereocenters. The van der Waals surface area contributed by atoms with Crippen LogP contribution in [0.3, 0.4) is 0 Å². The van der Waals surface area contributed by atoms with Gasteiger partial charge < -0.3 is 5.32 Å². The van der Waals surface area contributed by atoms with Crippen LogP contribution in [0.4, 0.5) is 19.0 Å². The molecule has 0 aliphatic heterocycles. The molecule has 2 aromatic rings. The van der Waals surface area contributed by atoms with E-state index in [0.29, 0.717) is 0 Å². The van der Waals surface area contributed by atoms with Crippen molar-refractivity contribution in [3.8, 4) is 0 Å². The summed E-state index contributed by atoms with van der Waals surface area (Å²) < 4.78 is 37.6. The maximum atomic E-state index is 12.5.